The lowest BCUT2D eigenvalue weighted by atomic mass is 9.82. The molecule has 5 heterocycles. The number of rotatable bonds is 3. The fourth-order valence-corrected chi connectivity index (χ4v) is 7.66. The van der Waals surface area contributed by atoms with Crippen LogP contribution in [0.2, 0.25) is 0 Å². The highest BCUT2D eigenvalue weighted by Gasteiger charge is 2.66. The van der Waals surface area contributed by atoms with Gasteiger partial charge in [-0.25, -0.2) is 4.74 Å². The summed E-state index contributed by atoms with van der Waals surface area (Å²) in [7, 11) is 0. The van der Waals surface area contributed by atoms with Crippen LogP contribution in [0, 0.1) is 27.7 Å². The summed E-state index contributed by atoms with van der Waals surface area (Å²) in [4.78, 5) is 21.7. The van der Waals surface area contributed by atoms with Crippen molar-refractivity contribution in [2.75, 3.05) is 31.1 Å². The van der Waals surface area contributed by atoms with Crippen LogP contribution < -0.4 is 19.1 Å². The normalized spacial score (nSPS) is 20.8. The largest absolute Gasteiger partial charge is 0.540 e. The monoisotopic (exact) mass is 889 g/mol. The standard InChI is InChI=1S/C17H24N2O.C12H15N.2C9H6F4O2/c1-13-6-7-15-14(12-13)17(2,3)16(20)19(15)11-10-18-8-4-5-9-18;1-8-5-6-11-10(7-8)12(3,4)9(2)13-11;1-5-2-3-6-7(4-5)15-9(12,13)8(10,11)14-6;1-5-2-3-6-7(4-5)14-9(12,13)15-8(6,10)11/h6-7,12H,4-5,8-11H2,1-3H3;5-7H,1-4H3;2*2-4H,1H3. The summed E-state index contributed by atoms with van der Waals surface area (Å²) >= 11 is 0. The van der Waals surface area contributed by atoms with Gasteiger partial charge in [0.2, 0.25) is 5.91 Å². The molecule has 1 amide bonds. The van der Waals surface area contributed by atoms with E-state index < -0.39 is 41.7 Å². The molecule has 16 heteroatoms. The lowest BCUT2D eigenvalue weighted by Crippen LogP contribution is -2.52. The minimum Gasteiger partial charge on any atom is -0.421 e. The molecule has 0 atom stereocenters. The minimum atomic E-state index is -4.65. The molecule has 340 valence electrons. The van der Waals surface area contributed by atoms with Gasteiger partial charge in [0.05, 0.1) is 16.7 Å². The molecule has 8 nitrogen and oxygen atoms in total. The molecule has 5 aliphatic heterocycles. The number of anilines is 1. The van der Waals surface area contributed by atoms with Crippen LogP contribution in [0.15, 0.2) is 77.8 Å². The number of amides is 1. The number of aryl methyl sites for hydroxylation is 4. The van der Waals surface area contributed by atoms with E-state index in [0.29, 0.717) is 11.1 Å². The average Bonchev–Trinajstić information content (AvgIpc) is 3.81. The van der Waals surface area contributed by atoms with Gasteiger partial charge in [0.15, 0.2) is 11.5 Å². The number of likely N-dealkylation sites (tertiary alicyclic amines) is 1. The molecule has 0 saturated carbocycles. The zero-order valence-electron chi connectivity index (χ0n) is 36.6. The zero-order chi connectivity index (χ0) is 46.5. The summed E-state index contributed by atoms with van der Waals surface area (Å²) in [6.45, 7) is 22.3. The van der Waals surface area contributed by atoms with Crippen molar-refractivity contribution in [3.8, 4) is 17.2 Å². The number of benzene rings is 4. The van der Waals surface area contributed by atoms with E-state index in [1.807, 2.05) is 18.7 Å². The van der Waals surface area contributed by atoms with E-state index in [9.17, 15) is 39.9 Å². The summed E-state index contributed by atoms with van der Waals surface area (Å²) in [6, 6.07) is 20.2. The van der Waals surface area contributed by atoms with Crippen molar-refractivity contribution in [2.45, 2.75) is 111 Å². The van der Waals surface area contributed by atoms with Crippen LogP contribution in [0.4, 0.5) is 46.5 Å². The van der Waals surface area contributed by atoms with Gasteiger partial charge in [-0.2, -0.15) is 26.3 Å². The topological polar surface area (TPSA) is 72.8 Å². The van der Waals surface area contributed by atoms with Gasteiger partial charge in [0.1, 0.15) is 5.75 Å². The average molecular weight is 890 g/mol. The Balaban J connectivity index is 0.000000142. The van der Waals surface area contributed by atoms with Gasteiger partial charge in [-0.3, -0.25) is 9.79 Å². The van der Waals surface area contributed by atoms with E-state index in [1.54, 1.807) is 13.8 Å². The number of ether oxygens (including phenoxy) is 4. The van der Waals surface area contributed by atoms with E-state index in [1.165, 1.54) is 72.1 Å². The fraction of sp³-hybridized carbons (Fsp3) is 0.447. The highest BCUT2D eigenvalue weighted by molar-refractivity contribution is 6.07. The van der Waals surface area contributed by atoms with Gasteiger partial charge in [-0.15, -0.1) is 8.78 Å². The third-order valence-electron chi connectivity index (χ3n) is 11.6. The second-order valence-corrected chi connectivity index (χ2v) is 17.4. The Bertz CT molecular complexity index is 2390. The first-order chi connectivity index (χ1) is 29.1. The molecule has 4 aromatic carbocycles. The Morgan fingerprint density at radius 1 is 0.571 bits per heavy atom. The van der Waals surface area contributed by atoms with Crippen LogP contribution in [-0.2, 0) is 26.5 Å². The van der Waals surface area contributed by atoms with Crippen molar-refractivity contribution in [1.82, 2.24) is 4.90 Å². The number of fused-ring (bicyclic) bond motifs is 4. The van der Waals surface area contributed by atoms with E-state index >= 15 is 0 Å². The zero-order valence-corrected chi connectivity index (χ0v) is 36.6. The second kappa shape index (κ2) is 17.1. The van der Waals surface area contributed by atoms with Crippen LogP contribution in [0.1, 0.15) is 86.4 Å². The van der Waals surface area contributed by atoms with Gasteiger partial charge < -0.3 is 24.0 Å². The highest BCUT2D eigenvalue weighted by atomic mass is 19.3. The molecule has 63 heavy (non-hydrogen) atoms. The van der Waals surface area contributed by atoms with E-state index in [0.717, 1.165) is 42.7 Å². The number of hydrogen-bond acceptors (Lipinski definition) is 7. The van der Waals surface area contributed by atoms with Crippen LogP contribution in [-0.4, -0.2) is 61.2 Å². The van der Waals surface area contributed by atoms with Crippen molar-refractivity contribution in [3.63, 3.8) is 0 Å². The highest BCUT2D eigenvalue weighted by Crippen LogP contribution is 2.48. The first kappa shape index (κ1) is 47.3. The van der Waals surface area contributed by atoms with E-state index in [-0.39, 0.29) is 22.5 Å². The quantitative estimate of drug-likeness (QED) is 0.191. The Morgan fingerprint density at radius 2 is 1.10 bits per heavy atom. The molecule has 0 aromatic heterocycles. The molecule has 0 bridgehead atoms. The van der Waals surface area contributed by atoms with E-state index in [4.69, 9.17) is 0 Å². The molecule has 1 saturated heterocycles. The van der Waals surface area contributed by atoms with Crippen molar-refractivity contribution in [2.24, 2.45) is 4.99 Å². The number of carbonyl (C=O) groups excluding carboxylic acids is 1. The lowest BCUT2D eigenvalue weighted by Gasteiger charge is -2.31. The van der Waals surface area contributed by atoms with Gasteiger partial charge >= 0.3 is 24.6 Å². The SMILES string of the molecule is CC1=Nc2ccc(C)cc2C1(C)C.Cc1ccc2c(c1)C(C)(C)C(=O)N2CCN1CCCC1.Cc1ccc2c(c1)OC(F)(F)C(F)(F)O2.Cc1ccc2c(c1)OC(F)(F)OC2(F)F. The third-order valence-corrected chi connectivity index (χ3v) is 11.6. The summed E-state index contributed by atoms with van der Waals surface area (Å²) < 4.78 is 117. The molecule has 4 aromatic rings. The fourth-order valence-electron chi connectivity index (χ4n) is 7.66. The summed E-state index contributed by atoms with van der Waals surface area (Å²) in [5, 5.41) is 0. The first-order valence-corrected chi connectivity index (χ1v) is 20.5. The maximum Gasteiger partial charge on any atom is 0.540 e. The van der Waals surface area contributed by atoms with Crippen molar-refractivity contribution in [3.05, 3.63) is 112 Å². The number of halogens is 8. The molecule has 9 rings (SSSR count). The predicted molar refractivity (Wildman–Crippen MR) is 223 cm³/mol. The van der Waals surface area contributed by atoms with E-state index in [2.05, 4.69) is 99.9 Å². The second-order valence-electron chi connectivity index (χ2n) is 17.4. The van der Waals surface area contributed by atoms with Gasteiger partial charge in [-0.05, 0) is 133 Å². The molecule has 0 spiro atoms. The Hall–Kier alpha value is -5.22. The Labute approximate surface area is 361 Å². The number of aliphatic imine (C=N–C) groups is 1. The molecular formula is C47H51F8N3O5. The molecule has 0 N–H and O–H groups in total. The molecule has 0 unspecified atom stereocenters. The van der Waals surface area contributed by atoms with Crippen molar-refractivity contribution >= 4 is 23.0 Å². The smallest absolute Gasteiger partial charge is 0.421 e. The van der Waals surface area contributed by atoms with Crippen molar-refractivity contribution in [1.29, 1.82) is 0 Å². The van der Waals surface area contributed by atoms with Crippen LogP contribution in [0.3, 0.4) is 0 Å². The number of carbonyl (C=O) groups is 1. The Morgan fingerprint density at radius 3 is 1.73 bits per heavy atom. The van der Waals surface area contributed by atoms with Gasteiger partial charge in [0.25, 0.3) is 0 Å². The first-order valence-electron chi connectivity index (χ1n) is 20.5. The molecule has 0 radical (unpaired) electrons. The Kier molecular flexibility index (Phi) is 12.8. The van der Waals surface area contributed by atoms with Gasteiger partial charge in [-0.1, -0.05) is 61.4 Å². The van der Waals surface area contributed by atoms with Crippen LogP contribution in [0.25, 0.3) is 0 Å². The summed E-state index contributed by atoms with van der Waals surface area (Å²) in [5.74, 6) is -1.09. The maximum absolute atomic E-state index is 13.0. The third kappa shape index (κ3) is 9.96. The number of hydrogen-bond donors (Lipinski definition) is 0. The molecule has 5 aliphatic rings. The predicted octanol–water partition coefficient (Wildman–Crippen LogP) is 12.0. The van der Waals surface area contributed by atoms with Crippen LogP contribution in [0.5, 0.6) is 17.2 Å². The minimum absolute atomic E-state index is 0.126. The number of alkyl halides is 8. The molecule has 1 fully saturated rings. The van der Waals surface area contributed by atoms with Gasteiger partial charge in [0, 0.05) is 29.9 Å². The van der Waals surface area contributed by atoms with Crippen LogP contribution >= 0.6 is 0 Å². The summed E-state index contributed by atoms with van der Waals surface area (Å²) in [5.41, 5.74) is 8.77. The summed E-state index contributed by atoms with van der Waals surface area (Å²) in [6.07, 6.45) is -15.0. The maximum atomic E-state index is 13.0. The molecule has 0 aliphatic carbocycles. The lowest BCUT2D eigenvalue weighted by molar-refractivity contribution is -0.461. The molecular weight excluding hydrogens is 839 g/mol. The number of nitrogens with zero attached hydrogens (tertiary/aromatic N) is 3. The van der Waals surface area contributed by atoms with Crippen molar-refractivity contribution < 1.29 is 58.9 Å².